The predicted molar refractivity (Wildman–Crippen MR) is 125 cm³/mol. The maximum Gasteiger partial charge on any atom is 0.340 e. The molecule has 1 amide bonds. The van der Waals surface area contributed by atoms with Gasteiger partial charge in [0, 0.05) is 23.4 Å². The van der Waals surface area contributed by atoms with Crippen molar-refractivity contribution in [2.24, 2.45) is 0 Å². The van der Waals surface area contributed by atoms with E-state index in [4.69, 9.17) is 9.15 Å². The molecule has 8 heteroatoms. The van der Waals surface area contributed by atoms with Crippen molar-refractivity contribution in [2.75, 3.05) is 18.6 Å². The molecule has 2 N–H and O–H groups in total. The van der Waals surface area contributed by atoms with E-state index in [-0.39, 0.29) is 6.61 Å². The van der Waals surface area contributed by atoms with E-state index in [1.165, 1.54) is 11.8 Å². The van der Waals surface area contributed by atoms with Gasteiger partial charge >= 0.3 is 11.6 Å². The van der Waals surface area contributed by atoms with Gasteiger partial charge in [0.15, 0.2) is 6.61 Å². The first-order valence-electron chi connectivity index (χ1n) is 10.1. The van der Waals surface area contributed by atoms with Gasteiger partial charge < -0.3 is 19.6 Å². The molecule has 0 bridgehead atoms. The van der Waals surface area contributed by atoms with E-state index >= 15 is 0 Å². The van der Waals surface area contributed by atoms with E-state index in [9.17, 15) is 19.5 Å². The van der Waals surface area contributed by atoms with Crippen LogP contribution in [0.1, 0.15) is 23.1 Å². The topological polar surface area (TPSA) is 106 Å². The standard InChI is InChI=1S/C24H25NO6S/c1-15-18-9-8-17(30-14-22(26)25-20(23(27)28)10-11-32-2)13-21(18)31-24(29)19(15)12-16-6-4-3-5-7-16/h3-9,13,20H,10-12,14H2,1-2H3,(H,25,26)(H,27,28). The summed E-state index contributed by atoms with van der Waals surface area (Å²) < 4.78 is 11.0. The van der Waals surface area contributed by atoms with E-state index in [0.29, 0.717) is 35.5 Å². The first kappa shape index (κ1) is 23.4. The molecule has 0 aliphatic carbocycles. The van der Waals surface area contributed by atoms with Crippen molar-refractivity contribution in [3.63, 3.8) is 0 Å². The van der Waals surface area contributed by atoms with Crippen LogP contribution in [0.4, 0.5) is 0 Å². The van der Waals surface area contributed by atoms with Crippen LogP contribution in [-0.4, -0.2) is 41.6 Å². The van der Waals surface area contributed by atoms with Gasteiger partial charge in [-0.2, -0.15) is 11.8 Å². The number of hydrogen-bond acceptors (Lipinski definition) is 6. The van der Waals surface area contributed by atoms with Crippen molar-refractivity contribution in [1.29, 1.82) is 0 Å². The minimum atomic E-state index is -1.08. The maximum absolute atomic E-state index is 12.6. The smallest absolute Gasteiger partial charge is 0.340 e. The molecule has 3 rings (SSSR count). The van der Waals surface area contributed by atoms with Crippen molar-refractivity contribution in [3.8, 4) is 5.75 Å². The molecule has 1 aromatic heterocycles. The summed E-state index contributed by atoms with van der Waals surface area (Å²) in [7, 11) is 0. The van der Waals surface area contributed by atoms with Crippen molar-refractivity contribution in [3.05, 3.63) is 75.6 Å². The number of nitrogens with one attached hydrogen (secondary N) is 1. The van der Waals surface area contributed by atoms with Crippen LogP contribution >= 0.6 is 11.8 Å². The van der Waals surface area contributed by atoms with E-state index in [2.05, 4.69) is 5.32 Å². The number of benzene rings is 2. The van der Waals surface area contributed by atoms with Crippen molar-refractivity contribution in [1.82, 2.24) is 5.32 Å². The fourth-order valence-corrected chi connectivity index (χ4v) is 3.82. The summed E-state index contributed by atoms with van der Waals surface area (Å²) in [6, 6.07) is 13.8. The molecular weight excluding hydrogens is 430 g/mol. The highest BCUT2D eigenvalue weighted by Crippen LogP contribution is 2.25. The zero-order chi connectivity index (χ0) is 23.1. The average Bonchev–Trinajstić information content (AvgIpc) is 2.78. The Morgan fingerprint density at radius 3 is 2.62 bits per heavy atom. The number of fused-ring (bicyclic) bond motifs is 1. The highest BCUT2D eigenvalue weighted by molar-refractivity contribution is 7.98. The Bertz CT molecular complexity index is 1160. The Kier molecular flexibility index (Phi) is 7.94. The molecule has 1 atom stereocenters. The number of thioether (sulfide) groups is 1. The lowest BCUT2D eigenvalue weighted by Crippen LogP contribution is -2.43. The second kappa shape index (κ2) is 10.9. The minimum absolute atomic E-state index is 0.327. The Morgan fingerprint density at radius 2 is 1.94 bits per heavy atom. The molecule has 1 heterocycles. The van der Waals surface area contributed by atoms with Crippen LogP contribution in [-0.2, 0) is 16.0 Å². The summed E-state index contributed by atoms with van der Waals surface area (Å²) >= 11 is 1.51. The van der Waals surface area contributed by atoms with E-state index in [1.54, 1.807) is 18.2 Å². The second-order valence-corrected chi connectivity index (χ2v) is 8.33. The molecule has 0 saturated heterocycles. The first-order chi connectivity index (χ1) is 15.4. The molecule has 0 spiro atoms. The van der Waals surface area contributed by atoms with Crippen LogP contribution in [0.3, 0.4) is 0 Å². The maximum atomic E-state index is 12.6. The first-order valence-corrected chi connectivity index (χ1v) is 11.5. The highest BCUT2D eigenvalue weighted by Gasteiger charge is 2.20. The largest absolute Gasteiger partial charge is 0.484 e. The lowest BCUT2D eigenvalue weighted by Gasteiger charge is -2.14. The zero-order valence-corrected chi connectivity index (χ0v) is 18.7. The summed E-state index contributed by atoms with van der Waals surface area (Å²) in [6.07, 6.45) is 2.67. The normalized spacial score (nSPS) is 11.8. The Balaban J connectivity index is 1.71. The number of rotatable bonds is 10. The van der Waals surface area contributed by atoms with Crippen LogP contribution in [0.2, 0.25) is 0 Å². The van der Waals surface area contributed by atoms with Crippen LogP contribution in [0.25, 0.3) is 11.0 Å². The fourth-order valence-electron chi connectivity index (χ4n) is 3.35. The van der Waals surface area contributed by atoms with Crippen LogP contribution in [0, 0.1) is 6.92 Å². The number of carboxylic acid groups (broad SMARTS) is 1. The predicted octanol–water partition coefficient (Wildman–Crippen LogP) is 3.39. The summed E-state index contributed by atoms with van der Waals surface area (Å²) in [5.41, 5.74) is 2.41. The number of carbonyl (C=O) groups is 2. The molecular formula is C24H25NO6S. The van der Waals surface area contributed by atoms with Gasteiger partial charge in [-0.15, -0.1) is 0 Å². The highest BCUT2D eigenvalue weighted by atomic mass is 32.2. The van der Waals surface area contributed by atoms with Gasteiger partial charge in [0.05, 0.1) is 0 Å². The number of amides is 1. The second-order valence-electron chi connectivity index (χ2n) is 7.34. The molecule has 0 fully saturated rings. The molecule has 1 unspecified atom stereocenters. The molecule has 0 aliphatic heterocycles. The SMILES string of the molecule is CSCCC(NC(=O)COc1ccc2c(C)c(Cc3ccccc3)c(=O)oc2c1)C(=O)O. The van der Waals surface area contributed by atoms with Crippen LogP contribution < -0.4 is 15.7 Å². The molecule has 2 aromatic carbocycles. The molecule has 0 radical (unpaired) electrons. The molecule has 0 aliphatic rings. The van der Waals surface area contributed by atoms with Gasteiger partial charge in [0.1, 0.15) is 17.4 Å². The molecule has 3 aromatic rings. The number of ether oxygens (including phenoxy) is 1. The summed E-state index contributed by atoms with van der Waals surface area (Å²) in [6.45, 7) is 1.54. The van der Waals surface area contributed by atoms with E-state index in [1.807, 2.05) is 43.5 Å². The van der Waals surface area contributed by atoms with Crippen molar-refractivity contribution < 1.29 is 23.8 Å². The molecule has 32 heavy (non-hydrogen) atoms. The third kappa shape index (κ3) is 5.91. The Morgan fingerprint density at radius 1 is 1.19 bits per heavy atom. The Hall–Kier alpha value is -3.26. The molecule has 0 saturated carbocycles. The van der Waals surface area contributed by atoms with Crippen molar-refractivity contribution >= 4 is 34.6 Å². The average molecular weight is 456 g/mol. The minimum Gasteiger partial charge on any atom is -0.484 e. The van der Waals surface area contributed by atoms with Crippen molar-refractivity contribution in [2.45, 2.75) is 25.8 Å². The van der Waals surface area contributed by atoms with Gasteiger partial charge in [-0.25, -0.2) is 9.59 Å². The summed E-state index contributed by atoms with van der Waals surface area (Å²) in [5, 5.41) is 12.5. The number of aryl methyl sites for hydroxylation is 1. The number of hydrogen-bond donors (Lipinski definition) is 2. The van der Waals surface area contributed by atoms with E-state index < -0.39 is 23.5 Å². The molecule has 168 valence electrons. The zero-order valence-electron chi connectivity index (χ0n) is 17.9. The van der Waals surface area contributed by atoms with Gasteiger partial charge in [0.2, 0.25) is 0 Å². The lowest BCUT2D eigenvalue weighted by atomic mass is 10.00. The number of aliphatic carboxylic acids is 1. The Labute approximate surface area is 189 Å². The van der Waals surface area contributed by atoms with Crippen LogP contribution in [0.15, 0.2) is 57.7 Å². The number of carboxylic acids is 1. The molecule has 7 nitrogen and oxygen atoms in total. The third-order valence-corrected chi connectivity index (χ3v) is 5.74. The van der Waals surface area contributed by atoms with Crippen LogP contribution in [0.5, 0.6) is 5.75 Å². The number of carbonyl (C=O) groups excluding carboxylic acids is 1. The van der Waals surface area contributed by atoms with Gasteiger partial charge in [-0.1, -0.05) is 30.3 Å². The fraction of sp³-hybridized carbons (Fsp3) is 0.292. The lowest BCUT2D eigenvalue weighted by molar-refractivity contribution is -0.142. The van der Waals surface area contributed by atoms with Gasteiger partial charge in [-0.05, 0) is 48.6 Å². The van der Waals surface area contributed by atoms with Gasteiger partial charge in [0.25, 0.3) is 5.91 Å². The van der Waals surface area contributed by atoms with E-state index in [0.717, 1.165) is 16.5 Å². The quantitative estimate of drug-likeness (QED) is 0.451. The summed E-state index contributed by atoms with van der Waals surface area (Å²) in [4.78, 5) is 35.9. The monoisotopic (exact) mass is 455 g/mol. The summed E-state index contributed by atoms with van der Waals surface area (Å²) in [5.74, 6) is -0.647. The third-order valence-electron chi connectivity index (χ3n) is 5.10. The van der Waals surface area contributed by atoms with Gasteiger partial charge in [-0.3, -0.25) is 4.79 Å².